The van der Waals surface area contributed by atoms with Crippen LogP contribution < -0.4 is 5.73 Å². The number of hydrogen-bond acceptors (Lipinski definition) is 2. The summed E-state index contributed by atoms with van der Waals surface area (Å²) in [7, 11) is 0. The highest BCUT2D eigenvalue weighted by atomic mass is 35.5. The second-order valence-corrected chi connectivity index (χ2v) is 2.84. The first kappa shape index (κ1) is 10.2. The highest BCUT2D eigenvalue weighted by molar-refractivity contribution is 5.85. The Morgan fingerprint density at radius 1 is 1.60 bits per heavy atom. The first-order chi connectivity index (χ1) is 4.30. The van der Waals surface area contributed by atoms with Crippen molar-refractivity contribution in [2.45, 2.75) is 25.8 Å². The molecule has 0 aliphatic carbocycles. The van der Waals surface area contributed by atoms with Crippen LogP contribution in [0.5, 0.6) is 0 Å². The molecule has 0 bridgehead atoms. The molecule has 0 spiro atoms. The van der Waals surface area contributed by atoms with E-state index >= 15 is 0 Å². The summed E-state index contributed by atoms with van der Waals surface area (Å²) in [4.78, 5) is 0. The minimum atomic E-state index is 0. The molecular formula is C7H16ClNO. The van der Waals surface area contributed by atoms with Gasteiger partial charge in [0.05, 0.1) is 6.61 Å². The van der Waals surface area contributed by atoms with Gasteiger partial charge in [-0.1, -0.05) is 0 Å². The van der Waals surface area contributed by atoms with Crippen LogP contribution in [0.25, 0.3) is 0 Å². The van der Waals surface area contributed by atoms with Gasteiger partial charge in [0.2, 0.25) is 0 Å². The summed E-state index contributed by atoms with van der Waals surface area (Å²) in [6.07, 6.45) is 2.43. The predicted octanol–water partition coefficient (Wildman–Crippen LogP) is 1.18. The third-order valence-corrected chi connectivity index (χ3v) is 1.94. The smallest absolute Gasteiger partial charge is 0.0508 e. The van der Waals surface area contributed by atoms with Gasteiger partial charge in [-0.25, -0.2) is 0 Å². The maximum Gasteiger partial charge on any atom is 0.0508 e. The minimum absolute atomic E-state index is 0. The molecule has 2 N–H and O–H groups in total. The van der Waals surface area contributed by atoms with Crippen LogP contribution in [0.1, 0.15) is 19.8 Å². The van der Waals surface area contributed by atoms with E-state index in [0.29, 0.717) is 12.0 Å². The zero-order valence-electron chi connectivity index (χ0n) is 6.38. The predicted molar refractivity (Wildman–Crippen MR) is 44.4 cm³/mol. The molecule has 0 saturated carbocycles. The number of nitrogens with two attached hydrogens (primary N) is 1. The second kappa shape index (κ2) is 4.94. The van der Waals surface area contributed by atoms with Crippen LogP contribution in [0.4, 0.5) is 0 Å². The Kier molecular flexibility index (Phi) is 5.04. The van der Waals surface area contributed by atoms with Crippen LogP contribution >= 0.6 is 12.4 Å². The fraction of sp³-hybridized carbons (Fsp3) is 1.00. The Hall–Kier alpha value is 0.210. The molecule has 0 radical (unpaired) electrons. The lowest BCUT2D eigenvalue weighted by molar-refractivity contribution is 0.0472. The minimum Gasteiger partial charge on any atom is -0.381 e. The fourth-order valence-electron chi connectivity index (χ4n) is 1.18. The molecule has 1 unspecified atom stereocenters. The van der Waals surface area contributed by atoms with Crippen molar-refractivity contribution in [3.8, 4) is 0 Å². The molecule has 10 heavy (non-hydrogen) atoms. The molecule has 1 saturated heterocycles. The lowest BCUT2D eigenvalue weighted by Gasteiger charge is -2.24. The fourth-order valence-corrected chi connectivity index (χ4v) is 1.18. The Morgan fingerprint density at radius 3 is 2.60 bits per heavy atom. The Morgan fingerprint density at radius 2 is 2.30 bits per heavy atom. The van der Waals surface area contributed by atoms with Gasteiger partial charge in [-0.2, -0.15) is 0 Å². The van der Waals surface area contributed by atoms with Gasteiger partial charge >= 0.3 is 0 Å². The van der Waals surface area contributed by atoms with Gasteiger partial charge in [0.25, 0.3) is 0 Å². The van der Waals surface area contributed by atoms with Crippen molar-refractivity contribution in [2.75, 3.05) is 13.2 Å². The summed E-state index contributed by atoms with van der Waals surface area (Å²) < 4.78 is 5.26. The molecule has 1 rings (SSSR count). The first-order valence-electron chi connectivity index (χ1n) is 3.64. The van der Waals surface area contributed by atoms with Crippen molar-refractivity contribution in [3.63, 3.8) is 0 Å². The Balaban J connectivity index is 0.000000810. The molecule has 62 valence electrons. The number of hydrogen-bond donors (Lipinski definition) is 1. The average molecular weight is 166 g/mol. The summed E-state index contributed by atoms with van der Waals surface area (Å²) in [6.45, 7) is 3.86. The van der Waals surface area contributed by atoms with Crippen molar-refractivity contribution >= 4 is 12.4 Å². The number of halogens is 1. The molecule has 1 fully saturated rings. The zero-order valence-corrected chi connectivity index (χ0v) is 7.19. The van der Waals surface area contributed by atoms with E-state index in [1.807, 2.05) is 0 Å². The highest BCUT2D eigenvalue weighted by Gasteiger charge is 2.16. The topological polar surface area (TPSA) is 35.2 Å². The second-order valence-electron chi connectivity index (χ2n) is 2.84. The molecule has 1 heterocycles. The van der Waals surface area contributed by atoms with E-state index in [1.54, 1.807) is 0 Å². The van der Waals surface area contributed by atoms with Crippen molar-refractivity contribution in [1.29, 1.82) is 0 Å². The largest absolute Gasteiger partial charge is 0.381 e. The molecule has 0 aromatic rings. The van der Waals surface area contributed by atoms with E-state index in [1.165, 1.54) is 12.8 Å². The first-order valence-corrected chi connectivity index (χ1v) is 3.64. The molecular weight excluding hydrogens is 150 g/mol. The quantitative estimate of drug-likeness (QED) is 0.634. The van der Waals surface area contributed by atoms with E-state index in [2.05, 4.69) is 6.92 Å². The third-order valence-electron chi connectivity index (χ3n) is 1.94. The number of rotatable bonds is 1. The molecule has 3 heteroatoms. The van der Waals surface area contributed by atoms with Crippen LogP contribution in [-0.2, 0) is 4.74 Å². The van der Waals surface area contributed by atoms with Gasteiger partial charge in [-0.15, -0.1) is 12.4 Å². The molecule has 2 nitrogen and oxygen atoms in total. The van der Waals surface area contributed by atoms with Crippen LogP contribution in [-0.4, -0.2) is 19.3 Å². The van der Waals surface area contributed by atoms with Crippen molar-refractivity contribution in [1.82, 2.24) is 0 Å². The summed E-state index contributed by atoms with van der Waals surface area (Å²) in [5.74, 6) is 0.610. The van der Waals surface area contributed by atoms with Crippen LogP contribution in [0, 0.1) is 5.92 Å². The van der Waals surface area contributed by atoms with E-state index in [0.717, 1.165) is 13.2 Å². The van der Waals surface area contributed by atoms with Crippen LogP contribution in [0.3, 0.4) is 0 Å². The van der Waals surface area contributed by atoms with E-state index in [9.17, 15) is 0 Å². The van der Waals surface area contributed by atoms with E-state index in [4.69, 9.17) is 10.5 Å². The normalized spacial score (nSPS) is 28.8. The lowest BCUT2D eigenvalue weighted by atomic mass is 9.96. The molecule has 2 atom stereocenters. The molecule has 1 aliphatic heterocycles. The molecule has 0 amide bonds. The summed E-state index contributed by atoms with van der Waals surface area (Å²) in [6, 6.07) is 0.310. The standard InChI is InChI=1S/C7H15NO.ClH/c1-6(8)7-3-2-4-9-5-7;/h6-7H,2-5,8H2,1H3;1H/t6-,7?;/m0./s1. The van der Waals surface area contributed by atoms with Gasteiger partial charge in [-0.3, -0.25) is 0 Å². The summed E-state index contributed by atoms with van der Waals surface area (Å²) in [5.41, 5.74) is 5.69. The summed E-state index contributed by atoms with van der Waals surface area (Å²) in [5, 5.41) is 0. The van der Waals surface area contributed by atoms with Gasteiger partial charge in [0.15, 0.2) is 0 Å². The maximum atomic E-state index is 5.69. The monoisotopic (exact) mass is 165 g/mol. The van der Waals surface area contributed by atoms with Crippen LogP contribution in [0.15, 0.2) is 0 Å². The van der Waals surface area contributed by atoms with Crippen molar-refractivity contribution < 1.29 is 4.74 Å². The Labute approximate surface area is 68.5 Å². The molecule has 0 aromatic carbocycles. The highest BCUT2D eigenvalue weighted by Crippen LogP contribution is 2.15. The van der Waals surface area contributed by atoms with Gasteiger partial charge < -0.3 is 10.5 Å². The Bertz CT molecular complexity index is 81.7. The third kappa shape index (κ3) is 2.86. The molecule has 0 aromatic heterocycles. The van der Waals surface area contributed by atoms with Crippen molar-refractivity contribution in [2.24, 2.45) is 11.7 Å². The van der Waals surface area contributed by atoms with Crippen LogP contribution in [0.2, 0.25) is 0 Å². The number of ether oxygens (including phenoxy) is 1. The van der Waals surface area contributed by atoms with Crippen molar-refractivity contribution in [3.05, 3.63) is 0 Å². The van der Waals surface area contributed by atoms with Gasteiger partial charge in [0.1, 0.15) is 0 Å². The molecule has 1 aliphatic rings. The van der Waals surface area contributed by atoms with Gasteiger partial charge in [-0.05, 0) is 25.7 Å². The average Bonchev–Trinajstić information content (AvgIpc) is 1.90. The lowest BCUT2D eigenvalue weighted by Crippen LogP contribution is -2.33. The van der Waals surface area contributed by atoms with Gasteiger partial charge in [0, 0.05) is 12.6 Å². The van der Waals surface area contributed by atoms with E-state index in [-0.39, 0.29) is 12.4 Å². The SMILES string of the molecule is C[C@H](N)C1CCCOC1.Cl. The summed E-state index contributed by atoms with van der Waals surface area (Å²) >= 11 is 0. The maximum absolute atomic E-state index is 5.69. The van der Waals surface area contributed by atoms with E-state index < -0.39 is 0 Å². The zero-order chi connectivity index (χ0) is 6.69.